The van der Waals surface area contributed by atoms with Crippen LogP contribution in [0.1, 0.15) is 26.7 Å². The number of hydrazone groups is 1. The molecule has 0 saturated heterocycles. The van der Waals surface area contributed by atoms with Gasteiger partial charge in [-0.25, -0.2) is 21.6 Å². The minimum absolute atomic E-state index is 0.125. The monoisotopic (exact) mass is 691 g/mol. The Morgan fingerprint density at radius 2 is 1.52 bits per heavy atom. The van der Waals surface area contributed by atoms with Gasteiger partial charge in [-0.05, 0) is 60.9 Å². The van der Waals surface area contributed by atoms with E-state index in [1.54, 1.807) is 0 Å². The second-order valence-electron chi connectivity index (χ2n) is 9.63. The van der Waals surface area contributed by atoms with Crippen LogP contribution >= 0.6 is 46.4 Å². The molecule has 0 aromatic heterocycles. The molecule has 0 bridgehead atoms. The molecule has 1 amide bonds. The zero-order valence-electron chi connectivity index (χ0n) is 22.2. The summed E-state index contributed by atoms with van der Waals surface area (Å²) in [5, 5.41) is 9.08. The maximum atomic E-state index is 13.2. The average Bonchev–Trinajstić information content (AvgIpc) is 3.27. The Labute approximate surface area is 264 Å². The standard InChI is InChI=1S/C26H25Cl4N5O5S2/c1-15(2)8-9-31-41(37,38)17-4-3-5-18(11-17)42(39,40)34-16-6-7-19(27)23(10-16)32-25-14-26(36)35(33-25)24-13-21(29)20(28)12-22(24)30/h3-7,10-13,15,31,34H,8-9,14H2,1-2H3,(H,32,33). The predicted molar refractivity (Wildman–Crippen MR) is 168 cm³/mol. The number of nitrogens with zero attached hydrogens (tertiary/aromatic N) is 2. The van der Waals surface area contributed by atoms with Gasteiger partial charge in [0.15, 0.2) is 0 Å². The van der Waals surface area contributed by atoms with Gasteiger partial charge in [0, 0.05) is 6.54 Å². The highest BCUT2D eigenvalue weighted by Gasteiger charge is 2.28. The van der Waals surface area contributed by atoms with E-state index in [2.05, 4.69) is 19.9 Å². The van der Waals surface area contributed by atoms with Crippen LogP contribution in [0.4, 0.5) is 17.1 Å². The van der Waals surface area contributed by atoms with Crippen molar-refractivity contribution in [2.75, 3.05) is 21.6 Å². The summed E-state index contributed by atoms with van der Waals surface area (Å²) in [7, 11) is -8.11. The molecule has 3 aromatic rings. The number of halogens is 4. The molecule has 3 aromatic carbocycles. The van der Waals surface area contributed by atoms with Crippen molar-refractivity contribution >= 4 is 95.3 Å². The summed E-state index contributed by atoms with van der Waals surface area (Å²) in [5.41, 5.74) is 0.621. The van der Waals surface area contributed by atoms with E-state index >= 15 is 0 Å². The van der Waals surface area contributed by atoms with Crippen LogP contribution in [0, 0.1) is 5.92 Å². The minimum atomic E-state index is -4.20. The van der Waals surface area contributed by atoms with Gasteiger partial charge in [-0.3, -0.25) is 9.52 Å². The molecule has 16 heteroatoms. The second kappa shape index (κ2) is 13.0. The first-order valence-corrected chi connectivity index (χ1v) is 16.9. The Hall–Kier alpha value is -2.58. The molecule has 4 rings (SSSR count). The fourth-order valence-electron chi connectivity index (χ4n) is 3.79. The highest BCUT2D eigenvalue weighted by atomic mass is 35.5. The number of hydrogen-bond acceptors (Lipinski definition) is 7. The van der Waals surface area contributed by atoms with Crippen molar-refractivity contribution in [1.82, 2.24) is 4.72 Å². The van der Waals surface area contributed by atoms with E-state index in [0.29, 0.717) is 12.3 Å². The Kier molecular flexibility index (Phi) is 9.98. The van der Waals surface area contributed by atoms with E-state index in [1.807, 2.05) is 13.8 Å². The maximum absolute atomic E-state index is 13.2. The number of benzene rings is 3. The molecule has 1 aliphatic rings. The van der Waals surface area contributed by atoms with Gasteiger partial charge in [0.2, 0.25) is 10.0 Å². The number of carbonyl (C=O) groups is 1. The van der Waals surface area contributed by atoms with E-state index in [4.69, 9.17) is 46.4 Å². The van der Waals surface area contributed by atoms with Gasteiger partial charge >= 0.3 is 0 Å². The Balaban J connectivity index is 1.53. The summed E-state index contributed by atoms with van der Waals surface area (Å²) in [4.78, 5) is 12.2. The van der Waals surface area contributed by atoms with Gasteiger partial charge in [-0.1, -0.05) is 66.3 Å². The van der Waals surface area contributed by atoms with Crippen molar-refractivity contribution < 1.29 is 21.6 Å². The summed E-state index contributed by atoms with van der Waals surface area (Å²) in [6, 6.07) is 12.1. The van der Waals surface area contributed by atoms with Crippen LogP contribution in [0.15, 0.2) is 69.5 Å². The number of anilines is 3. The van der Waals surface area contributed by atoms with Crippen LogP contribution in [0.3, 0.4) is 0 Å². The van der Waals surface area contributed by atoms with Crippen LogP contribution < -0.4 is 19.8 Å². The molecule has 0 fully saturated rings. The number of amidine groups is 1. The predicted octanol–water partition coefficient (Wildman–Crippen LogP) is 6.59. The van der Waals surface area contributed by atoms with E-state index < -0.39 is 26.0 Å². The lowest BCUT2D eigenvalue weighted by Crippen LogP contribution is -2.26. The third-order valence-electron chi connectivity index (χ3n) is 5.93. The normalized spacial score (nSPS) is 13.9. The fraction of sp³-hybridized carbons (Fsp3) is 0.231. The lowest BCUT2D eigenvalue weighted by molar-refractivity contribution is -0.116. The molecule has 42 heavy (non-hydrogen) atoms. The number of amides is 1. The Morgan fingerprint density at radius 1 is 0.857 bits per heavy atom. The summed E-state index contributed by atoms with van der Waals surface area (Å²) in [6.45, 7) is 4.16. The number of rotatable bonds is 10. The molecular weight excluding hydrogens is 668 g/mol. The number of nitrogens with one attached hydrogen (secondary N) is 3. The number of hydrogen-bond donors (Lipinski definition) is 3. The van der Waals surface area contributed by atoms with Crippen LogP contribution in [0.5, 0.6) is 0 Å². The maximum Gasteiger partial charge on any atom is 0.261 e. The van der Waals surface area contributed by atoms with Gasteiger partial charge in [-0.15, -0.1) is 0 Å². The summed E-state index contributed by atoms with van der Waals surface area (Å²) < 4.78 is 56.6. The number of sulfonamides is 2. The zero-order valence-corrected chi connectivity index (χ0v) is 26.8. The lowest BCUT2D eigenvalue weighted by atomic mass is 10.1. The van der Waals surface area contributed by atoms with Crippen molar-refractivity contribution in [2.45, 2.75) is 36.5 Å². The molecular formula is C26H25Cl4N5O5S2. The van der Waals surface area contributed by atoms with Crippen molar-refractivity contribution in [1.29, 1.82) is 0 Å². The van der Waals surface area contributed by atoms with Gasteiger partial charge in [0.05, 0.1) is 53.4 Å². The highest BCUT2D eigenvalue weighted by Crippen LogP contribution is 2.36. The van der Waals surface area contributed by atoms with E-state index in [9.17, 15) is 21.6 Å². The summed E-state index contributed by atoms with van der Waals surface area (Å²) in [6.07, 6.45) is 0.503. The topological polar surface area (TPSA) is 137 Å². The van der Waals surface area contributed by atoms with Gasteiger partial charge < -0.3 is 5.32 Å². The molecule has 224 valence electrons. The smallest absolute Gasteiger partial charge is 0.261 e. The Morgan fingerprint density at radius 3 is 2.21 bits per heavy atom. The third-order valence-corrected chi connectivity index (χ3v) is 10.1. The van der Waals surface area contributed by atoms with E-state index in [-0.39, 0.29) is 65.7 Å². The van der Waals surface area contributed by atoms with Crippen molar-refractivity contribution in [3.63, 3.8) is 0 Å². The van der Waals surface area contributed by atoms with Crippen molar-refractivity contribution in [3.05, 3.63) is 74.7 Å². The quantitative estimate of drug-likeness (QED) is 0.205. The van der Waals surface area contributed by atoms with E-state index in [1.165, 1.54) is 48.5 Å². The average molecular weight is 693 g/mol. The first kappa shape index (κ1) is 32.3. The molecule has 0 atom stereocenters. The molecule has 0 spiro atoms. The van der Waals surface area contributed by atoms with E-state index in [0.717, 1.165) is 11.1 Å². The number of carbonyl (C=O) groups excluding carboxylic acids is 1. The molecule has 0 unspecified atom stereocenters. The van der Waals surface area contributed by atoms with Gasteiger partial charge in [-0.2, -0.15) is 10.1 Å². The SMILES string of the molecule is CC(C)CCNS(=O)(=O)c1cccc(S(=O)(=O)Nc2ccc(Cl)c(NC3=NN(c4cc(Cl)c(Cl)cc4Cl)C(=O)C3)c2)c1. The lowest BCUT2D eigenvalue weighted by Gasteiger charge is -2.14. The molecule has 1 heterocycles. The molecule has 0 saturated carbocycles. The summed E-state index contributed by atoms with van der Waals surface area (Å²) >= 11 is 24.6. The third kappa shape index (κ3) is 7.67. The first-order chi connectivity index (χ1) is 19.7. The summed E-state index contributed by atoms with van der Waals surface area (Å²) in [5.74, 6) is 0.106. The molecule has 1 aliphatic heterocycles. The van der Waals surface area contributed by atoms with Crippen LogP contribution in [-0.4, -0.2) is 35.1 Å². The first-order valence-electron chi connectivity index (χ1n) is 12.4. The molecule has 0 radical (unpaired) electrons. The molecule has 10 nitrogen and oxygen atoms in total. The van der Waals surface area contributed by atoms with Crippen LogP contribution in [0.25, 0.3) is 0 Å². The van der Waals surface area contributed by atoms with Crippen molar-refractivity contribution in [3.8, 4) is 0 Å². The molecule has 3 N–H and O–H groups in total. The minimum Gasteiger partial charge on any atom is -0.341 e. The highest BCUT2D eigenvalue weighted by molar-refractivity contribution is 7.93. The molecule has 0 aliphatic carbocycles. The van der Waals surface area contributed by atoms with Crippen LogP contribution in [-0.2, 0) is 24.8 Å². The van der Waals surface area contributed by atoms with Crippen LogP contribution in [0.2, 0.25) is 20.1 Å². The van der Waals surface area contributed by atoms with Crippen molar-refractivity contribution in [2.24, 2.45) is 11.0 Å². The second-order valence-corrected chi connectivity index (χ2v) is 14.7. The van der Waals surface area contributed by atoms with Gasteiger partial charge in [0.25, 0.3) is 15.9 Å². The Bertz CT molecular complexity index is 1780. The van der Waals surface area contributed by atoms with Gasteiger partial charge in [0.1, 0.15) is 5.84 Å². The zero-order chi connectivity index (χ0) is 30.8. The largest absolute Gasteiger partial charge is 0.341 e. The fourth-order valence-corrected chi connectivity index (χ4v) is 6.84.